The van der Waals surface area contributed by atoms with Crippen LogP contribution < -0.4 is 0 Å². The summed E-state index contributed by atoms with van der Waals surface area (Å²) in [5, 5.41) is 17.5. The highest BCUT2D eigenvalue weighted by molar-refractivity contribution is 7.55. The smallest absolute Gasteiger partial charge is 0.345 e. The van der Waals surface area contributed by atoms with E-state index >= 15 is 0 Å². The van der Waals surface area contributed by atoms with Gasteiger partial charge in [0.1, 0.15) is 11.8 Å². The second-order valence-corrected chi connectivity index (χ2v) is 11.3. The van der Waals surface area contributed by atoms with Gasteiger partial charge in [-0.1, -0.05) is 0 Å². The van der Waals surface area contributed by atoms with Gasteiger partial charge < -0.3 is 33.0 Å². The van der Waals surface area contributed by atoms with E-state index in [-0.39, 0.29) is 26.4 Å². The van der Waals surface area contributed by atoms with E-state index in [1.165, 1.54) is 0 Å². The van der Waals surface area contributed by atoms with Gasteiger partial charge in [-0.2, -0.15) is 0 Å². The number of hydrogen-bond donors (Lipinski definition) is 2. The number of carboxylic acid groups (broad SMARTS) is 2. The molecular formula is C18H36O12P2. The first-order valence-corrected chi connectivity index (χ1v) is 13.4. The highest BCUT2D eigenvalue weighted by atomic mass is 31.2. The van der Waals surface area contributed by atoms with Crippen LogP contribution in [0.2, 0.25) is 0 Å². The maximum atomic E-state index is 12.4. The van der Waals surface area contributed by atoms with Crippen LogP contribution in [-0.4, -0.2) is 72.0 Å². The third-order valence-corrected chi connectivity index (χ3v) is 7.41. The van der Waals surface area contributed by atoms with Crippen molar-refractivity contribution in [3.63, 3.8) is 0 Å². The molecule has 2 N–H and O–H groups in total. The summed E-state index contributed by atoms with van der Waals surface area (Å²) < 4.78 is 48.3. The van der Waals surface area contributed by atoms with Crippen LogP contribution >= 0.6 is 15.2 Å². The Hall–Kier alpha value is -1.29. The average molecular weight is 506 g/mol. The van der Waals surface area contributed by atoms with Gasteiger partial charge in [-0.05, 0) is 48.5 Å². The van der Waals surface area contributed by atoms with Gasteiger partial charge in [0.25, 0.3) is 0 Å². The highest BCUT2D eigenvalue weighted by Gasteiger charge is 2.43. The third kappa shape index (κ3) is 14.7. The molecular weight excluding hydrogens is 470 g/mol. The zero-order valence-corrected chi connectivity index (χ0v) is 21.5. The van der Waals surface area contributed by atoms with Crippen molar-refractivity contribution in [1.82, 2.24) is 0 Å². The molecule has 0 fully saturated rings. The fourth-order valence-electron chi connectivity index (χ4n) is 2.14. The number of carbonyl (C=O) groups is 3. The van der Waals surface area contributed by atoms with Crippen molar-refractivity contribution >= 4 is 33.1 Å². The van der Waals surface area contributed by atoms with E-state index in [0.29, 0.717) is 0 Å². The van der Waals surface area contributed by atoms with E-state index in [1.807, 2.05) is 0 Å². The summed E-state index contributed by atoms with van der Waals surface area (Å²) in [6.45, 7) is 11.8. The van der Waals surface area contributed by atoms with E-state index < -0.39 is 56.9 Å². The van der Waals surface area contributed by atoms with Gasteiger partial charge in [0, 0.05) is 0 Å². The largest absolute Gasteiger partial charge is 0.481 e. The van der Waals surface area contributed by atoms with Crippen LogP contribution in [0, 0.1) is 0 Å². The Labute approximate surface area is 189 Å². The van der Waals surface area contributed by atoms with E-state index in [4.69, 9.17) is 33.0 Å². The monoisotopic (exact) mass is 506 g/mol. The molecule has 0 aromatic rings. The first-order valence-electron chi connectivity index (χ1n) is 10.0. The van der Waals surface area contributed by atoms with Gasteiger partial charge in [-0.15, -0.1) is 0 Å². The quantitative estimate of drug-likeness (QED) is 0.258. The van der Waals surface area contributed by atoms with E-state index in [2.05, 4.69) is 0 Å². The molecule has 0 bridgehead atoms. The Morgan fingerprint density at radius 2 is 1.22 bits per heavy atom. The lowest BCUT2D eigenvalue weighted by atomic mass is 10.2. The molecule has 0 aliphatic heterocycles. The van der Waals surface area contributed by atoms with Gasteiger partial charge in [0.2, 0.25) is 0 Å². The van der Waals surface area contributed by atoms with Crippen LogP contribution in [0.1, 0.15) is 54.9 Å². The van der Waals surface area contributed by atoms with Crippen molar-refractivity contribution in [1.29, 1.82) is 0 Å². The molecule has 0 radical (unpaired) electrons. The lowest BCUT2D eigenvalue weighted by Crippen LogP contribution is -2.31. The Bertz CT molecular complexity index is 666. The number of carboxylic acids is 2. The van der Waals surface area contributed by atoms with Crippen LogP contribution in [0.25, 0.3) is 0 Å². The molecule has 14 heteroatoms. The molecule has 190 valence electrons. The fraction of sp³-hybridized carbons (Fsp3) is 0.833. The molecule has 12 nitrogen and oxygen atoms in total. The summed E-state index contributed by atoms with van der Waals surface area (Å²) in [4.78, 5) is 33.2. The lowest BCUT2D eigenvalue weighted by Gasteiger charge is -2.25. The van der Waals surface area contributed by atoms with Crippen LogP contribution in [-0.2, 0) is 46.3 Å². The summed E-state index contributed by atoms with van der Waals surface area (Å²) in [5.41, 5.74) is -2.32. The Balaban J connectivity index is 0. The van der Waals surface area contributed by atoms with Crippen molar-refractivity contribution in [2.24, 2.45) is 0 Å². The normalized spacial score (nSPS) is 13.0. The molecule has 0 amide bonds. The van der Waals surface area contributed by atoms with Crippen LogP contribution in [0.15, 0.2) is 0 Å². The summed E-state index contributed by atoms with van der Waals surface area (Å²) in [6, 6.07) is 0. The number of rotatable bonds is 14. The third-order valence-electron chi connectivity index (χ3n) is 3.05. The SMILES string of the molecule is CCOP(=O)(CC(=O)O)OCC.CCOP(=O)(OCC)C(CC(=O)OC(C)(C)C)C(=O)O. The number of carbonyl (C=O) groups excluding carboxylic acids is 1. The Morgan fingerprint density at radius 3 is 1.50 bits per heavy atom. The molecule has 0 aliphatic rings. The van der Waals surface area contributed by atoms with Crippen molar-refractivity contribution in [3.8, 4) is 0 Å². The highest BCUT2D eigenvalue weighted by Crippen LogP contribution is 2.54. The minimum Gasteiger partial charge on any atom is -0.481 e. The second-order valence-electron chi connectivity index (χ2n) is 7.02. The summed E-state index contributed by atoms with van der Waals surface area (Å²) in [6.07, 6.45) is -1.14. The molecule has 0 aromatic heterocycles. The minimum atomic E-state index is -3.91. The van der Waals surface area contributed by atoms with Crippen LogP contribution in [0.4, 0.5) is 0 Å². The summed E-state index contributed by atoms with van der Waals surface area (Å²) >= 11 is 0. The zero-order chi connectivity index (χ0) is 25.6. The molecule has 1 unspecified atom stereocenters. The van der Waals surface area contributed by atoms with E-state index in [9.17, 15) is 23.5 Å². The second kappa shape index (κ2) is 15.5. The van der Waals surface area contributed by atoms with Crippen LogP contribution in [0.5, 0.6) is 0 Å². The maximum absolute atomic E-state index is 12.4. The molecule has 0 saturated heterocycles. The number of hydrogen-bond acceptors (Lipinski definition) is 10. The van der Waals surface area contributed by atoms with Crippen molar-refractivity contribution < 1.29 is 56.6 Å². The molecule has 0 heterocycles. The number of aliphatic carboxylic acids is 2. The summed E-state index contributed by atoms with van der Waals surface area (Å²) in [5.74, 6) is -3.36. The number of ether oxygens (including phenoxy) is 1. The van der Waals surface area contributed by atoms with Crippen molar-refractivity contribution in [2.75, 3.05) is 32.6 Å². The molecule has 32 heavy (non-hydrogen) atoms. The first kappa shape index (κ1) is 32.9. The number of esters is 1. The predicted molar refractivity (Wildman–Crippen MR) is 116 cm³/mol. The van der Waals surface area contributed by atoms with Gasteiger partial charge in [-0.25, -0.2) is 0 Å². The van der Waals surface area contributed by atoms with Gasteiger partial charge >= 0.3 is 33.1 Å². The minimum absolute atomic E-state index is 0.0232. The Morgan fingerprint density at radius 1 is 0.812 bits per heavy atom. The first-order chi connectivity index (χ1) is 14.6. The zero-order valence-electron chi connectivity index (χ0n) is 19.7. The van der Waals surface area contributed by atoms with Gasteiger partial charge in [0.05, 0.1) is 32.8 Å². The van der Waals surface area contributed by atoms with E-state index in [1.54, 1.807) is 48.5 Å². The standard InChI is InChI=1S/C12H23O7P.C6H13O5P/c1-6-17-20(16,18-7-2)9(11(14)15)8-10(13)19-12(3,4)5;1-3-10-12(9,11-4-2)5-6(7)8/h9H,6-8H2,1-5H3,(H,14,15);3-5H2,1-2H3,(H,7,8). The molecule has 0 aliphatic carbocycles. The maximum Gasteiger partial charge on any atom is 0.345 e. The average Bonchev–Trinajstić information content (AvgIpc) is 2.58. The topological polar surface area (TPSA) is 172 Å². The van der Waals surface area contributed by atoms with Crippen molar-refractivity contribution in [3.05, 3.63) is 0 Å². The molecule has 0 spiro atoms. The Kier molecular flexibility index (Phi) is 16.0. The van der Waals surface area contributed by atoms with Gasteiger partial charge in [0.15, 0.2) is 5.66 Å². The fourth-order valence-corrected chi connectivity index (χ4v) is 5.31. The van der Waals surface area contributed by atoms with Crippen LogP contribution in [0.3, 0.4) is 0 Å². The molecule has 0 saturated carbocycles. The molecule has 0 aromatic carbocycles. The van der Waals surface area contributed by atoms with Crippen molar-refractivity contribution in [2.45, 2.75) is 66.1 Å². The van der Waals surface area contributed by atoms with E-state index in [0.717, 1.165) is 0 Å². The predicted octanol–water partition coefficient (Wildman–Crippen LogP) is 3.77. The van der Waals surface area contributed by atoms with Gasteiger partial charge in [-0.3, -0.25) is 23.5 Å². The summed E-state index contributed by atoms with van der Waals surface area (Å²) in [7, 11) is -7.28. The molecule has 1 atom stereocenters. The lowest BCUT2D eigenvalue weighted by molar-refractivity contribution is -0.157. The molecule has 0 rings (SSSR count).